The highest BCUT2D eigenvalue weighted by Gasteiger charge is 2.36. The molecule has 1 nitrogen and oxygen atoms in total. The number of piperidine rings is 1. The van der Waals surface area contributed by atoms with Gasteiger partial charge in [-0.15, -0.1) is 0 Å². The predicted molar refractivity (Wildman–Crippen MR) is 60.4 cm³/mol. The molecule has 0 aromatic carbocycles. The van der Waals surface area contributed by atoms with Crippen molar-refractivity contribution in [1.82, 2.24) is 4.31 Å². The van der Waals surface area contributed by atoms with Gasteiger partial charge in [-0.05, 0) is 36.7 Å². The zero-order valence-electron chi connectivity index (χ0n) is 8.21. The Balaban J connectivity index is 2.68. The average molecular weight is 205 g/mol. The molecule has 1 aliphatic heterocycles. The van der Waals surface area contributed by atoms with Crippen LogP contribution in [-0.4, -0.2) is 16.4 Å². The smallest absolute Gasteiger partial charge is 0.0316 e. The second-order valence-corrected chi connectivity index (χ2v) is 5.25. The number of thiol groups is 1. The van der Waals surface area contributed by atoms with E-state index >= 15 is 0 Å². The normalized spacial score (nSPS) is 32.8. The third-order valence-electron chi connectivity index (χ3n) is 3.21. The molecule has 1 unspecified atom stereocenters. The molecule has 0 spiro atoms. The van der Waals surface area contributed by atoms with Crippen LogP contribution >= 0.6 is 22.6 Å². The van der Waals surface area contributed by atoms with Crippen molar-refractivity contribution in [2.75, 3.05) is 6.54 Å². The number of nitrogens with zero attached hydrogens (tertiary/aromatic N) is 1. The van der Waals surface area contributed by atoms with Gasteiger partial charge in [0.15, 0.2) is 0 Å². The minimum atomic E-state index is 0.366. The summed E-state index contributed by atoms with van der Waals surface area (Å²) in [6.45, 7) is 8.17. The zero-order chi connectivity index (χ0) is 9.19. The van der Waals surface area contributed by atoms with E-state index in [2.05, 4.69) is 36.7 Å². The Morgan fingerprint density at radius 1 is 1.42 bits per heavy atom. The van der Waals surface area contributed by atoms with Crippen LogP contribution in [0, 0.1) is 5.92 Å². The Bertz CT molecular complexity index is 149. The topological polar surface area (TPSA) is 3.24 Å². The molecule has 3 heteroatoms. The van der Waals surface area contributed by atoms with E-state index in [0.717, 1.165) is 5.92 Å². The molecule has 1 rings (SSSR count). The Kier molecular flexibility index (Phi) is 3.80. The first kappa shape index (κ1) is 10.7. The van der Waals surface area contributed by atoms with E-state index in [1.807, 2.05) is 0 Å². The molecule has 0 N–H and O–H groups in total. The summed E-state index contributed by atoms with van der Waals surface area (Å²) in [6, 6.07) is 0. The van der Waals surface area contributed by atoms with Crippen LogP contribution in [0.5, 0.6) is 0 Å². The zero-order valence-corrected chi connectivity index (χ0v) is 9.92. The van der Waals surface area contributed by atoms with Crippen LogP contribution in [0.2, 0.25) is 0 Å². The second-order valence-electron chi connectivity index (χ2n) is 4.15. The fraction of sp³-hybridized carbons (Fsp3) is 1.00. The maximum Gasteiger partial charge on any atom is 0.0316 e. The van der Waals surface area contributed by atoms with Gasteiger partial charge in [0.05, 0.1) is 0 Å². The van der Waals surface area contributed by atoms with Crippen molar-refractivity contribution in [2.24, 2.45) is 5.92 Å². The molecule has 1 fully saturated rings. The Hall–Kier alpha value is 0.660. The van der Waals surface area contributed by atoms with E-state index in [-0.39, 0.29) is 0 Å². The van der Waals surface area contributed by atoms with Crippen LogP contribution in [0.1, 0.15) is 40.0 Å². The summed E-state index contributed by atoms with van der Waals surface area (Å²) in [6.07, 6.45) is 4.02. The fourth-order valence-electron chi connectivity index (χ4n) is 1.83. The van der Waals surface area contributed by atoms with Gasteiger partial charge in [0, 0.05) is 12.1 Å². The minimum Gasteiger partial charge on any atom is -0.235 e. The van der Waals surface area contributed by atoms with E-state index in [4.69, 9.17) is 0 Å². The first-order chi connectivity index (χ1) is 5.61. The third kappa shape index (κ3) is 1.94. The lowest BCUT2D eigenvalue weighted by molar-refractivity contribution is 0.113. The number of rotatable bonds is 2. The van der Waals surface area contributed by atoms with Crippen LogP contribution in [-0.2, 0) is 0 Å². The van der Waals surface area contributed by atoms with Crippen molar-refractivity contribution in [1.29, 1.82) is 0 Å². The van der Waals surface area contributed by atoms with Gasteiger partial charge >= 0.3 is 0 Å². The van der Waals surface area contributed by atoms with Crippen molar-refractivity contribution in [3.63, 3.8) is 0 Å². The molecular formula is C9H19NS2. The molecule has 0 saturated carbocycles. The SMILES string of the molecule is CC(C)C1(C)CCCCN1SS. The standard InChI is InChI=1S/C9H19NS2/c1-8(2)9(3)6-4-5-7-10(9)12-11/h8,11H,4-7H2,1-3H3. The quantitative estimate of drug-likeness (QED) is 0.418. The molecular weight excluding hydrogens is 186 g/mol. The molecule has 1 heterocycles. The first-order valence-electron chi connectivity index (χ1n) is 4.70. The second kappa shape index (κ2) is 4.25. The molecule has 0 bridgehead atoms. The Morgan fingerprint density at radius 3 is 2.50 bits per heavy atom. The van der Waals surface area contributed by atoms with E-state index in [0.29, 0.717) is 5.54 Å². The lowest BCUT2D eigenvalue weighted by Gasteiger charge is -2.46. The molecule has 1 aliphatic rings. The Morgan fingerprint density at radius 2 is 2.08 bits per heavy atom. The molecule has 0 aliphatic carbocycles. The summed E-state index contributed by atoms with van der Waals surface area (Å²) in [5.74, 6) is 0.720. The molecule has 0 aromatic rings. The van der Waals surface area contributed by atoms with Gasteiger partial charge in [-0.3, -0.25) is 0 Å². The van der Waals surface area contributed by atoms with Gasteiger partial charge in [0.2, 0.25) is 0 Å². The molecule has 1 atom stereocenters. The highest BCUT2D eigenvalue weighted by molar-refractivity contribution is 8.67. The van der Waals surface area contributed by atoms with Crippen LogP contribution in [0.4, 0.5) is 0 Å². The maximum atomic E-state index is 4.31. The summed E-state index contributed by atoms with van der Waals surface area (Å²) in [7, 11) is 1.61. The van der Waals surface area contributed by atoms with Gasteiger partial charge < -0.3 is 0 Å². The number of hydrogen-bond donors (Lipinski definition) is 1. The van der Waals surface area contributed by atoms with Gasteiger partial charge in [0.25, 0.3) is 0 Å². The molecule has 0 aromatic heterocycles. The Labute approximate surface area is 85.2 Å². The van der Waals surface area contributed by atoms with E-state index in [9.17, 15) is 0 Å². The van der Waals surface area contributed by atoms with Gasteiger partial charge in [-0.25, -0.2) is 4.31 Å². The minimum absolute atomic E-state index is 0.366. The van der Waals surface area contributed by atoms with E-state index in [1.54, 1.807) is 11.0 Å². The van der Waals surface area contributed by atoms with Crippen molar-refractivity contribution in [3.8, 4) is 0 Å². The van der Waals surface area contributed by atoms with Crippen LogP contribution < -0.4 is 0 Å². The molecule has 0 radical (unpaired) electrons. The van der Waals surface area contributed by atoms with Crippen LogP contribution in [0.15, 0.2) is 0 Å². The van der Waals surface area contributed by atoms with Crippen molar-refractivity contribution < 1.29 is 0 Å². The summed E-state index contributed by atoms with van der Waals surface area (Å²) in [5, 5.41) is 0. The van der Waals surface area contributed by atoms with Gasteiger partial charge in [0.1, 0.15) is 0 Å². The molecule has 72 valence electrons. The molecule has 1 saturated heterocycles. The first-order valence-corrected chi connectivity index (χ1v) is 6.53. The summed E-state index contributed by atoms with van der Waals surface area (Å²) in [5.41, 5.74) is 0.366. The largest absolute Gasteiger partial charge is 0.235 e. The van der Waals surface area contributed by atoms with Gasteiger partial charge in [-0.2, -0.15) is 0 Å². The monoisotopic (exact) mass is 205 g/mol. The fourth-order valence-corrected chi connectivity index (χ4v) is 3.33. The summed E-state index contributed by atoms with van der Waals surface area (Å²) in [4.78, 5) is 0. The van der Waals surface area contributed by atoms with E-state index < -0.39 is 0 Å². The van der Waals surface area contributed by atoms with Crippen LogP contribution in [0.25, 0.3) is 0 Å². The molecule has 12 heavy (non-hydrogen) atoms. The maximum absolute atomic E-state index is 4.31. The predicted octanol–water partition coefficient (Wildman–Crippen LogP) is 3.38. The highest BCUT2D eigenvalue weighted by Crippen LogP contribution is 2.39. The summed E-state index contributed by atoms with van der Waals surface area (Å²) >= 11 is 4.31. The average Bonchev–Trinajstić information content (AvgIpc) is 2.05. The van der Waals surface area contributed by atoms with Crippen LogP contribution in [0.3, 0.4) is 0 Å². The summed E-state index contributed by atoms with van der Waals surface area (Å²) < 4.78 is 2.43. The van der Waals surface area contributed by atoms with Gasteiger partial charge in [-0.1, -0.05) is 31.9 Å². The molecule has 0 amide bonds. The number of hydrogen-bond acceptors (Lipinski definition) is 3. The lowest BCUT2D eigenvalue weighted by Crippen LogP contribution is -2.48. The van der Waals surface area contributed by atoms with Crippen molar-refractivity contribution in [2.45, 2.75) is 45.6 Å². The highest BCUT2D eigenvalue weighted by atomic mass is 33.1. The van der Waals surface area contributed by atoms with Crippen molar-refractivity contribution in [3.05, 3.63) is 0 Å². The van der Waals surface area contributed by atoms with E-state index in [1.165, 1.54) is 25.8 Å². The lowest BCUT2D eigenvalue weighted by atomic mass is 9.81. The third-order valence-corrected chi connectivity index (χ3v) is 4.59. The van der Waals surface area contributed by atoms with Crippen molar-refractivity contribution >= 4 is 22.6 Å².